The Balaban J connectivity index is 2.51. The number of nitrogens with two attached hydrogens (primary N) is 1. The zero-order chi connectivity index (χ0) is 13.1. The summed E-state index contributed by atoms with van der Waals surface area (Å²) in [6.45, 7) is 2.73. The Labute approximate surface area is 107 Å². The third kappa shape index (κ3) is 2.35. The topological polar surface area (TPSA) is 82.9 Å². The summed E-state index contributed by atoms with van der Waals surface area (Å²) in [5.41, 5.74) is 6.63. The van der Waals surface area contributed by atoms with Gasteiger partial charge in [-0.15, -0.1) is 11.3 Å². The summed E-state index contributed by atoms with van der Waals surface area (Å²) in [7, 11) is 0. The molecular weight excluding hydrogens is 252 g/mol. The number of hydrogen-bond donors (Lipinski definition) is 1. The maximum absolute atomic E-state index is 12.1. The molecule has 2 heterocycles. The Bertz CT molecular complexity index is 642. The number of anilines is 1. The fourth-order valence-electron chi connectivity index (χ4n) is 1.69. The van der Waals surface area contributed by atoms with Crippen LogP contribution in [0.3, 0.4) is 0 Å². The molecule has 2 aromatic rings. The zero-order valence-electron chi connectivity index (χ0n) is 10.00. The van der Waals surface area contributed by atoms with Crippen LogP contribution in [-0.2, 0) is 13.1 Å². The fourth-order valence-corrected chi connectivity index (χ4v) is 2.28. The molecule has 0 fully saturated rings. The Morgan fingerprint density at radius 1 is 1.44 bits per heavy atom. The van der Waals surface area contributed by atoms with Crippen LogP contribution in [0.25, 0.3) is 0 Å². The molecule has 96 valence electrons. The van der Waals surface area contributed by atoms with Crippen molar-refractivity contribution in [1.82, 2.24) is 14.1 Å². The summed E-state index contributed by atoms with van der Waals surface area (Å²) < 4.78 is 2.62. The quantitative estimate of drug-likeness (QED) is 0.874. The van der Waals surface area contributed by atoms with Gasteiger partial charge in [-0.05, 0) is 6.42 Å². The molecular formula is C11H14N4O2S. The third-order valence-electron chi connectivity index (χ3n) is 2.53. The highest BCUT2D eigenvalue weighted by Crippen LogP contribution is 2.05. The second-order valence-corrected chi connectivity index (χ2v) is 4.89. The maximum Gasteiger partial charge on any atom is 0.331 e. The molecule has 0 amide bonds. The van der Waals surface area contributed by atoms with Crippen molar-refractivity contribution in [2.24, 2.45) is 0 Å². The highest BCUT2D eigenvalue weighted by Gasteiger charge is 2.10. The van der Waals surface area contributed by atoms with Crippen LogP contribution in [0.1, 0.15) is 18.2 Å². The molecule has 2 N–H and O–H groups in total. The average Bonchev–Trinajstić information content (AvgIpc) is 2.85. The minimum atomic E-state index is -0.444. The zero-order valence-corrected chi connectivity index (χ0v) is 10.8. The van der Waals surface area contributed by atoms with Gasteiger partial charge in [-0.1, -0.05) is 6.92 Å². The second kappa shape index (κ2) is 5.18. The lowest BCUT2D eigenvalue weighted by Gasteiger charge is -2.09. The van der Waals surface area contributed by atoms with E-state index in [0.29, 0.717) is 6.54 Å². The lowest BCUT2D eigenvalue weighted by Crippen LogP contribution is -2.40. The first-order chi connectivity index (χ1) is 8.63. The lowest BCUT2D eigenvalue weighted by molar-refractivity contribution is 0.575. The van der Waals surface area contributed by atoms with Crippen LogP contribution < -0.4 is 17.0 Å². The molecule has 18 heavy (non-hydrogen) atoms. The van der Waals surface area contributed by atoms with Crippen LogP contribution in [0.4, 0.5) is 5.69 Å². The lowest BCUT2D eigenvalue weighted by atomic mass is 10.4. The number of aromatic nitrogens is 3. The molecule has 0 spiro atoms. The van der Waals surface area contributed by atoms with E-state index in [2.05, 4.69) is 4.98 Å². The van der Waals surface area contributed by atoms with E-state index in [4.69, 9.17) is 5.73 Å². The predicted molar refractivity (Wildman–Crippen MR) is 70.9 cm³/mol. The van der Waals surface area contributed by atoms with Crippen LogP contribution in [0.15, 0.2) is 27.5 Å². The molecule has 7 heteroatoms. The first-order valence-electron chi connectivity index (χ1n) is 5.60. The van der Waals surface area contributed by atoms with E-state index >= 15 is 0 Å². The van der Waals surface area contributed by atoms with Crippen molar-refractivity contribution in [2.45, 2.75) is 26.4 Å². The average molecular weight is 266 g/mol. The molecule has 0 radical (unpaired) electrons. The van der Waals surface area contributed by atoms with Gasteiger partial charge in [0.1, 0.15) is 5.69 Å². The molecule has 0 saturated heterocycles. The number of hydrogen-bond acceptors (Lipinski definition) is 5. The number of aryl methyl sites for hydroxylation is 1. The standard InChI is InChI=1S/C11H14N4O2S/c1-2-3-14-6-9(12)10(16)15(11(14)17)5-8-4-13-7-18-8/h4,6-7H,2-3,5,12H2,1H3. The monoisotopic (exact) mass is 266 g/mol. The van der Waals surface area contributed by atoms with E-state index in [0.717, 1.165) is 15.9 Å². The molecule has 0 unspecified atom stereocenters. The number of nitrogens with zero attached hydrogens (tertiary/aromatic N) is 3. The Morgan fingerprint density at radius 3 is 2.83 bits per heavy atom. The highest BCUT2D eigenvalue weighted by atomic mass is 32.1. The van der Waals surface area contributed by atoms with Gasteiger partial charge in [0.15, 0.2) is 0 Å². The van der Waals surface area contributed by atoms with Gasteiger partial charge in [-0.25, -0.2) is 4.79 Å². The minimum absolute atomic E-state index is 0.0903. The van der Waals surface area contributed by atoms with Gasteiger partial charge in [0, 0.05) is 23.8 Å². The van der Waals surface area contributed by atoms with Crippen LogP contribution >= 0.6 is 11.3 Å². The van der Waals surface area contributed by atoms with Crippen molar-refractivity contribution in [3.05, 3.63) is 43.6 Å². The molecule has 2 rings (SSSR count). The largest absolute Gasteiger partial charge is 0.393 e. The Morgan fingerprint density at radius 2 is 2.22 bits per heavy atom. The molecule has 6 nitrogen and oxygen atoms in total. The van der Waals surface area contributed by atoms with Crippen molar-refractivity contribution in [2.75, 3.05) is 5.73 Å². The summed E-state index contributed by atoms with van der Waals surface area (Å²) in [6, 6.07) is 0. The van der Waals surface area contributed by atoms with E-state index < -0.39 is 5.56 Å². The van der Waals surface area contributed by atoms with Gasteiger partial charge in [0.05, 0.1) is 12.1 Å². The summed E-state index contributed by atoms with van der Waals surface area (Å²) in [4.78, 5) is 28.8. The first kappa shape index (κ1) is 12.6. The first-order valence-corrected chi connectivity index (χ1v) is 6.48. The van der Waals surface area contributed by atoms with Gasteiger partial charge in [0.2, 0.25) is 0 Å². The number of thiazole rings is 1. The van der Waals surface area contributed by atoms with Crippen molar-refractivity contribution < 1.29 is 0 Å². The minimum Gasteiger partial charge on any atom is -0.393 e. The highest BCUT2D eigenvalue weighted by molar-refractivity contribution is 7.09. The van der Waals surface area contributed by atoms with E-state index in [1.165, 1.54) is 22.1 Å². The molecule has 0 aliphatic heterocycles. The number of nitrogen functional groups attached to an aromatic ring is 1. The van der Waals surface area contributed by atoms with Crippen molar-refractivity contribution in [3.8, 4) is 0 Å². The summed E-state index contributed by atoms with van der Waals surface area (Å²) in [5.74, 6) is 0. The molecule has 0 saturated carbocycles. The number of rotatable bonds is 4. The van der Waals surface area contributed by atoms with E-state index in [1.54, 1.807) is 11.7 Å². The van der Waals surface area contributed by atoms with Crippen molar-refractivity contribution >= 4 is 17.0 Å². The van der Waals surface area contributed by atoms with E-state index in [-0.39, 0.29) is 17.9 Å². The molecule has 0 bridgehead atoms. The van der Waals surface area contributed by atoms with E-state index in [1.807, 2.05) is 6.92 Å². The van der Waals surface area contributed by atoms with Gasteiger partial charge in [-0.3, -0.25) is 18.9 Å². The molecule has 0 aliphatic carbocycles. The molecule has 0 atom stereocenters. The molecule has 2 aromatic heterocycles. The van der Waals surface area contributed by atoms with Crippen LogP contribution in [0.5, 0.6) is 0 Å². The predicted octanol–water partition coefficient (Wildman–Crippen LogP) is 0.507. The van der Waals surface area contributed by atoms with Gasteiger partial charge < -0.3 is 5.73 Å². The smallest absolute Gasteiger partial charge is 0.331 e. The van der Waals surface area contributed by atoms with Crippen LogP contribution in [0.2, 0.25) is 0 Å². The molecule has 0 aliphatic rings. The maximum atomic E-state index is 12.1. The van der Waals surface area contributed by atoms with Crippen LogP contribution in [-0.4, -0.2) is 14.1 Å². The van der Waals surface area contributed by atoms with Gasteiger partial charge in [-0.2, -0.15) is 0 Å². The summed E-state index contributed by atoms with van der Waals surface area (Å²) >= 11 is 1.40. The molecule has 0 aromatic carbocycles. The van der Waals surface area contributed by atoms with Gasteiger partial charge in [0.25, 0.3) is 5.56 Å². The fraction of sp³-hybridized carbons (Fsp3) is 0.364. The van der Waals surface area contributed by atoms with Gasteiger partial charge >= 0.3 is 5.69 Å². The van der Waals surface area contributed by atoms with Crippen LogP contribution in [0, 0.1) is 0 Å². The third-order valence-corrected chi connectivity index (χ3v) is 3.29. The Kier molecular flexibility index (Phi) is 3.61. The van der Waals surface area contributed by atoms with Crippen molar-refractivity contribution in [3.63, 3.8) is 0 Å². The van der Waals surface area contributed by atoms with E-state index in [9.17, 15) is 9.59 Å². The summed E-state index contributed by atoms with van der Waals surface area (Å²) in [6.07, 6.45) is 3.86. The second-order valence-electron chi connectivity index (χ2n) is 3.92. The van der Waals surface area contributed by atoms with Crippen molar-refractivity contribution in [1.29, 1.82) is 0 Å². The summed E-state index contributed by atoms with van der Waals surface area (Å²) in [5, 5.41) is 0. The normalized spacial score (nSPS) is 10.7. The Hall–Kier alpha value is -1.89. The SMILES string of the molecule is CCCn1cc(N)c(=O)n(Cc2cncs2)c1=O.